The van der Waals surface area contributed by atoms with E-state index < -0.39 is 5.41 Å². The molecule has 0 fully saturated rings. The van der Waals surface area contributed by atoms with Crippen LogP contribution in [0.5, 0.6) is 0 Å². The van der Waals surface area contributed by atoms with Crippen LogP contribution >= 0.6 is 0 Å². The molecule has 1 spiro atoms. The van der Waals surface area contributed by atoms with Crippen LogP contribution in [0.4, 0.5) is 0 Å². The Hall–Kier alpha value is -7.43. The molecule has 4 heteroatoms. The van der Waals surface area contributed by atoms with Crippen LogP contribution in [0.1, 0.15) is 22.3 Å². The van der Waals surface area contributed by atoms with Crippen molar-refractivity contribution in [2.75, 3.05) is 0 Å². The first kappa shape index (κ1) is 31.0. The first-order valence-electron chi connectivity index (χ1n) is 19.1. The predicted molar refractivity (Wildman–Crippen MR) is 227 cm³/mol. The van der Waals surface area contributed by atoms with Crippen molar-refractivity contribution in [3.8, 4) is 62.1 Å². The van der Waals surface area contributed by atoms with Gasteiger partial charge in [0.05, 0.1) is 22.1 Å². The van der Waals surface area contributed by atoms with Crippen LogP contribution in [0.25, 0.3) is 83.9 Å². The van der Waals surface area contributed by atoms with Crippen molar-refractivity contribution in [2.45, 2.75) is 5.41 Å². The summed E-state index contributed by atoms with van der Waals surface area (Å²) in [5.74, 6) is 1.96. The largest absolute Gasteiger partial charge is 0.309 e. The van der Waals surface area contributed by atoms with E-state index in [0.29, 0.717) is 17.5 Å². The van der Waals surface area contributed by atoms with Crippen LogP contribution < -0.4 is 0 Å². The third-order valence-corrected chi connectivity index (χ3v) is 11.9. The summed E-state index contributed by atoms with van der Waals surface area (Å²) in [7, 11) is 0. The maximum absolute atomic E-state index is 4.98. The standard InChI is InChI=1S/C52H32N4/c1-3-14-34(15-4-1)49-53-50(35-16-5-2-6-17-35)55-51(54-49)36-28-26-33(27-29-36)37-30-31-47-45(32-37)52(42-22-10-7-18-38(42)39-19-8-11-23-43(39)52)44-24-13-21-41-40-20-9-12-25-46(40)56(47)48(41)44/h1-32H. The molecule has 56 heavy (non-hydrogen) atoms. The zero-order valence-corrected chi connectivity index (χ0v) is 30.3. The second-order valence-electron chi connectivity index (χ2n) is 14.7. The minimum Gasteiger partial charge on any atom is -0.309 e. The van der Waals surface area contributed by atoms with Crippen molar-refractivity contribution in [2.24, 2.45) is 0 Å². The van der Waals surface area contributed by atoms with Crippen LogP contribution in [0.3, 0.4) is 0 Å². The molecule has 10 aromatic rings. The van der Waals surface area contributed by atoms with Gasteiger partial charge in [-0.2, -0.15) is 0 Å². The molecule has 0 amide bonds. The number of hydrogen-bond donors (Lipinski definition) is 0. The Labute approximate surface area is 324 Å². The molecule has 1 aliphatic heterocycles. The van der Waals surface area contributed by atoms with E-state index in [2.05, 4.69) is 138 Å². The Morgan fingerprint density at radius 2 is 0.821 bits per heavy atom. The van der Waals surface area contributed by atoms with Crippen LogP contribution in [0.15, 0.2) is 194 Å². The molecule has 260 valence electrons. The number of hydrogen-bond acceptors (Lipinski definition) is 3. The van der Waals surface area contributed by atoms with Gasteiger partial charge in [0, 0.05) is 27.5 Å². The van der Waals surface area contributed by atoms with E-state index in [1.165, 1.54) is 60.9 Å². The highest BCUT2D eigenvalue weighted by molar-refractivity contribution is 6.13. The minimum absolute atomic E-state index is 0.491. The highest BCUT2D eigenvalue weighted by Crippen LogP contribution is 2.61. The fourth-order valence-electron chi connectivity index (χ4n) is 9.49. The lowest BCUT2D eigenvalue weighted by Gasteiger charge is -2.40. The van der Waals surface area contributed by atoms with Crippen molar-refractivity contribution in [1.82, 2.24) is 19.5 Å². The van der Waals surface area contributed by atoms with Gasteiger partial charge in [-0.3, -0.25) is 0 Å². The summed E-state index contributed by atoms with van der Waals surface area (Å²) in [5, 5.41) is 2.56. The number of para-hydroxylation sites is 2. The van der Waals surface area contributed by atoms with Crippen molar-refractivity contribution < 1.29 is 0 Å². The Balaban J connectivity index is 1.06. The van der Waals surface area contributed by atoms with Gasteiger partial charge in [-0.05, 0) is 62.7 Å². The van der Waals surface area contributed by atoms with Gasteiger partial charge in [0.25, 0.3) is 0 Å². The van der Waals surface area contributed by atoms with E-state index in [1.807, 2.05) is 60.7 Å². The van der Waals surface area contributed by atoms with Gasteiger partial charge in [0.15, 0.2) is 17.5 Å². The minimum atomic E-state index is -0.491. The summed E-state index contributed by atoms with van der Waals surface area (Å²) >= 11 is 0. The molecule has 0 saturated carbocycles. The van der Waals surface area contributed by atoms with Crippen molar-refractivity contribution >= 4 is 21.8 Å². The second kappa shape index (κ2) is 11.8. The Morgan fingerprint density at radius 1 is 0.339 bits per heavy atom. The van der Waals surface area contributed by atoms with Crippen molar-refractivity contribution in [3.05, 3.63) is 216 Å². The summed E-state index contributed by atoms with van der Waals surface area (Å²) in [5.41, 5.74) is 16.2. The Kier molecular flexibility index (Phi) is 6.52. The summed E-state index contributed by atoms with van der Waals surface area (Å²) in [6.45, 7) is 0. The zero-order valence-electron chi connectivity index (χ0n) is 30.3. The summed E-state index contributed by atoms with van der Waals surface area (Å²) in [4.78, 5) is 14.9. The monoisotopic (exact) mass is 712 g/mol. The lowest BCUT2D eigenvalue weighted by Crippen LogP contribution is -2.33. The van der Waals surface area contributed by atoms with Gasteiger partial charge in [-0.25, -0.2) is 15.0 Å². The molecule has 12 rings (SSSR count). The molecule has 4 nitrogen and oxygen atoms in total. The highest BCUT2D eigenvalue weighted by Gasteiger charge is 2.50. The smallest absolute Gasteiger partial charge is 0.164 e. The molecule has 1 aliphatic carbocycles. The number of rotatable bonds is 4. The first-order chi connectivity index (χ1) is 27.8. The summed E-state index contributed by atoms with van der Waals surface area (Å²) < 4.78 is 2.51. The van der Waals surface area contributed by atoms with Gasteiger partial charge in [-0.15, -0.1) is 0 Å². The number of benzene rings is 8. The molecule has 2 aromatic heterocycles. The van der Waals surface area contributed by atoms with Crippen molar-refractivity contribution in [1.29, 1.82) is 0 Å². The van der Waals surface area contributed by atoms with E-state index >= 15 is 0 Å². The average molecular weight is 713 g/mol. The van der Waals surface area contributed by atoms with Crippen LogP contribution in [0, 0.1) is 0 Å². The SMILES string of the molecule is c1ccc(-c2nc(-c3ccccc3)nc(-c3ccc(-c4ccc5c(c4)C4(c6ccccc6-c6ccccc64)c4cccc6c7ccccc7n-5c46)cc3)n2)cc1. The van der Waals surface area contributed by atoms with Crippen molar-refractivity contribution in [3.63, 3.8) is 0 Å². The van der Waals surface area contributed by atoms with E-state index in [9.17, 15) is 0 Å². The quantitative estimate of drug-likeness (QED) is 0.182. The molecule has 0 radical (unpaired) electrons. The fraction of sp³-hybridized carbons (Fsp3) is 0.0192. The Bertz CT molecular complexity index is 3080. The third-order valence-electron chi connectivity index (χ3n) is 11.9. The zero-order chi connectivity index (χ0) is 36.8. The molecule has 0 unspecified atom stereocenters. The topological polar surface area (TPSA) is 43.6 Å². The van der Waals surface area contributed by atoms with E-state index in [1.54, 1.807) is 0 Å². The van der Waals surface area contributed by atoms with Gasteiger partial charge in [-0.1, -0.05) is 176 Å². The first-order valence-corrected chi connectivity index (χ1v) is 19.1. The Morgan fingerprint density at radius 3 is 1.46 bits per heavy atom. The van der Waals surface area contributed by atoms with E-state index in [0.717, 1.165) is 27.8 Å². The molecular formula is C52H32N4. The third kappa shape index (κ3) is 4.27. The lowest BCUT2D eigenvalue weighted by atomic mass is 9.65. The van der Waals surface area contributed by atoms with Crippen LogP contribution in [0.2, 0.25) is 0 Å². The predicted octanol–water partition coefficient (Wildman–Crippen LogP) is 12.3. The van der Waals surface area contributed by atoms with Gasteiger partial charge in [0.1, 0.15) is 0 Å². The lowest BCUT2D eigenvalue weighted by molar-refractivity contribution is 0.749. The molecule has 0 N–H and O–H groups in total. The molecule has 0 bridgehead atoms. The van der Waals surface area contributed by atoms with Gasteiger partial charge < -0.3 is 4.57 Å². The highest BCUT2D eigenvalue weighted by atomic mass is 15.0. The average Bonchev–Trinajstić information content (AvgIpc) is 3.77. The number of nitrogens with zero attached hydrogens (tertiary/aromatic N) is 4. The molecule has 3 heterocycles. The molecular weight excluding hydrogens is 681 g/mol. The summed E-state index contributed by atoms with van der Waals surface area (Å²) in [6, 6.07) is 69.8. The molecule has 0 atom stereocenters. The van der Waals surface area contributed by atoms with Crippen LogP contribution in [-0.4, -0.2) is 19.5 Å². The second-order valence-corrected chi connectivity index (χ2v) is 14.7. The van der Waals surface area contributed by atoms with Gasteiger partial charge in [0.2, 0.25) is 0 Å². The van der Waals surface area contributed by atoms with E-state index in [-0.39, 0.29) is 0 Å². The van der Waals surface area contributed by atoms with Gasteiger partial charge >= 0.3 is 0 Å². The molecule has 2 aliphatic rings. The molecule has 8 aromatic carbocycles. The number of fused-ring (bicyclic) bond motifs is 12. The fourth-order valence-corrected chi connectivity index (χ4v) is 9.49. The number of aromatic nitrogens is 4. The van der Waals surface area contributed by atoms with E-state index in [4.69, 9.17) is 15.0 Å². The molecule has 0 saturated heterocycles. The normalized spacial score (nSPS) is 13.1. The maximum atomic E-state index is 4.98. The van der Waals surface area contributed by atoms with Crippen LogP contribution in [-0.2, 0) is 5.41 Å². The summed E-state index contributed by atoms with van der Waals surface area (Å²) in [6.07, 6.45) is 0. The maximum Gasteiger partial charge on any atom is 0.164 e.